The Morgan fingerprint density at radius 2 is 1.93 bits per heavy atom. The highest BCUT2D eigenvalue weighted by Gasteiger charge is 2.19. The summed E-state index contributed by atoms with van der Waals surface area (Å²) in [6.45, 7) is 4.56. The van der Waals surface area contributed by atoms with E-state index in [0.29, 0.717) is 12.1 Å². The molecule has 3 aromatic heterocycles. The highest BCUT2D eigenvalue weighted by atomic mass is 32.1. The van der Waals surface area contributed by atoms with Crippen LogP contribution < -0.4 is 5.32 Å². The van der Waals surface area contributed by atoms with Gasteiger partial charge < -0.3 is 5.32 Å². The molecule has 154 valence electrons. The van der Waals surface area contributed by atoms with Crippen LogP contribution in [-0.2, 0) is 13.5 Å². The van der Waals surface area contributed by atoms with Gasteiger partial charge in [-0.25, -0.2) is 9.97 Å². The third kappa shape index (κ3) is 4.26. The van der Waals surface area contributed by atoms with Gasteiger partial charge in [0, 0.05) is 30.2 Å². The number of hydrogen-bond acceptors (Lipinski definition) is 5. The molecule has 6 nitrogen and oxygen atoms in total. The summed E-state index contributed by atoms with van der Waals surface area (Å²) >= 11 is 1.70. The molecule has 4 aromatic rings. The fraction of sp³-hybridized carbons (Fsp3) is 0.304. The van der Waals surface area contributed by atoms with Crippen molar-refractivity contribution in [2.45, 2.75) is 33.1 Å². The van der Waals surface area contributed by atoms with Crippen LogP contribution in [-0.4, -0.2) is 32.2 Å². The maximum Gasteiger partial charge on any atom is 0.252 e. The van der Waals surface area contributed by atoms with Gasteiger partial charge in [-0.15, -0.1) is 11.3 Å². The van der Waals surface area contributed by atoms with Gasteiger partial charge in [0.05, 0.1) is 27.3 Å². The minimum absolute atomic E-state index is 0.0826. The number of amides is 1. The molecule has 0 saturated carbocycles. The topological polar surface area (TPSA) is 72.7 Å². The molecule has 1 aromatic carbocycles. The number of pyridine rings is 1. The molecule has 4 rings (SSSR count). The molecule has 7 heteroatoms. The number of benzene rings is 1. The number of rotatable bonds is 7. The zero-order valence-corrected chi connectivity index (χ0v) is 18.3. The number of thiazole rings is 1. The fourth-order valence-electron chi connectivity index (χ4n) is 3.60. The molecule has 1 N–H and O–H groups in total. The van der Waals surface area contributed by atoms with E-state index in [1.807, 2.05) is 57.3 Å². The summed E-state index contributed by atoms with van der Waals surface area (Å²) in [4.78, 5) is 22.3. The van der Waals surface area contributed by atoms with Gasteiger partial charge in [0.25, 0.3) is 5.91 Å². The minimum atomic E-state index is -0.0826. The molecular weight excluding hydrogens is 394 g/mol. The lowest BCUT2D eigenvalue weighted by molar-refractivity contribution is 0.0954. The van der Waals surface area contributed by atoms with Crippen LogP contribution in [0.2, 0.25) is 0 Å². The van der Waals surface area contributed by atoms with Crippen LogP contribution in [0.25, 0.3) is 22.3 Å². The van der Waals surface area contributed by atoms with E-state index >= 15 is 0 Å². The van der Waals surface area contributed by atoms with E-state index in [1.165, 1.54) is 0 Å². The Morgan fingerprint density at radius 3 is 2.67 bits per heavy atom. The highest BCUT2D eigenvalue weighted by molar-refractivity contribution is 7.09. The first kappa shape index (κ1) is 20.2. The number of carbonyl (C=O) groups excluding carboxylic acids is 1. The largest absolute Gasteiger partial charge is 0.352 e. The molecule has 0 radical (unpaired) electrons. The van der Waals surface area contributed by atoms with Gasteiger partial charge in [0.1, 0.15) is 0 Å². The normalized spacial score (nSPS) is 11.2. The predicted octanol–water partition coefficient (Wildman–Crippen LogP) is 4.46. The zero-order chi connectivity index (χ0) is 21.1. The second kappa shape index (κ2) is 8.75. The van der Waals surface area contributed by atoms with Gasteiger partial charge in [0.2, 0.25) is 0 Å². The molecular formula is C23H25N5OS. The van der Waals surface area contributed by atoms with Crippen molar-refractivity contribution in [1.29, 1.82) is 0 Å². The van der Waals surface area contributed by atoms with Crippen molar-refractivity contribution in [2.24, 2.45) is 7.05 Å². The lowest BCUT2D eigenvalue weighted by Crippen LogP contribution is -2.25. The maximum atomic E-state index is 13.1. The van der Waals surface area contributed by atoms with Crippen LogP contribution in [0, 0.1) is 13.8 Å². The Kier molecular flexibility index (Phi) is 5.90. The summed E-state index contributed by atoms with van der Waals surface area (Å²) < 4.78 is 1.74. The van der Waals surface area contributed by atoms with Crippen molar-refractivity contribution in [2.75, 3.05) is 6.54 Å². The molecule has 1 amide bonds. The Labute approximate surface area is 180 Å². The lowest BCUT2D eigenvalue weighted by Gasteiger charge is -2.09. The van der Waals surface area contributed by atoms with Gasteiger partial charge in [-0.2, -0.15) is 5.10 Å². The van der Waals surface area contributed by atoms with Gasteiger partial charge in [0.15, 0.2) is 5.65 Å². The van der Waals surface area contributed by atoms with E-state index in [0.717, 1.165) is 57.9 Å². The summed E-state index contributed by atoms with van der Waals surface area (Å²) in [6, 6.07) is 11.8. The summed E-state index contributed by atoms with van der Waals surface area (Å²) in [5, 5.41) is 11.6. The molecule has 0 aliphatic heterocycles. The minimum Gasteiger partial charge on any atom is -0.352 e. The van der Waals surface area contributed by atoms with Crippen molar-refractivity contribution in [3.8, 4) is 11.3 Å². The standard InChI is InChI=1S/C23H25N5OS/c1-15-14-30-20(25-15)11-7-8-12-24-23(29)18-13-19(17-9-5-4-6-10-17)26-22-21(18)16(2)27-28(22)3/h4-6,9-10,13-14H,7-8,11-12H2,1-3H3,(H,24,29). The summed E-state index contributed by atoms with van der Waals surface area (Å²) in [7, 11) is 1.86. The molecule has 0 unspecified atom stereocenters. The van der Waals surface area contributed by atoms with Crippen LogP contribution in [0.4, 0.5) is 0 Å². The Bertz CT molecular complexity index is 1180. The average Bonchev–Trinajstić information content (AvgIpc) is 3.30. The summed E-state index contributed by atoms with van der Waals surface area (Å²) in [5.41, 5.74) is 4.98. The molecule has 0 saturated heterocycles. The van der Waals surface area contributed by atoms with Crippen LogP contribution in [0.15, 0.2) is 41.8 Å². The Morgan fingerprint density at radius 1 is 1.13 bits per heavy atom. The average molecular weight is 420 g/mol. The number of aryl methyl sites for hydroxylation is 4. The number of carbonyl (C=O) groups is 1. The number of unbranched alkanes of at least 4 members (excludes halogenated alkanes) is 1. The van der Waals surface area contributed by atoms with E-state index < -0.39 is 0 Å². The third-order valence-electron chi connectivity index (χ3n) is 5.05. The molecule has 3 heterocycles. The van der Waals surface area contributed by atoms with E-state index in [4.69, 9.17) is 4.98 Å². The molecule has 0 aliphatic carbocycles. The van der Waals surface area contributed by atoms with Crippen molar-refractivity contribution in [3.05, 3.63) is 63.7 Å². The van der Waals surface area contributed by atoms with Crippen LogP contribution in [0.1, 0.15) is 39.6 Å². The number of aromatic nitrogens is 4. The van der Waals surface area contributed by atoms with E-state index in [2.05, 4.69) is 20.8 Å². The highest BCUT2D eigenvalue weighted by Crippen LogP contribution is 2.26. The maximum absolute atomic E-state index is 13.1. The third-order valence-corrected chi connectivity index (χ3v) is 6.08. The molecule has 0 atom stereocenters. The second-order valence-electron chi connectivity index (χ2n) is 7.42. The SMILES string of the molecule is Cc1csc(CCCCNC(=O)c2cc(-c3ccccc3)nc3c2c(C)nn3C)n1. The fourth-order valence-corrected chi connectivity index (χ4v) is 4.41. The molecule has 0 aliphatic rings. The number of hydrogen-bond donors (Lipinski definition) is 1. The van der Waals surface area contributed by atoms with E-state index in [-0.39, 0.29) is 5.91 Å². The monoisotopic (exact) mass is 419 g/mol. The van der Waals surface area contributed by atoms with Crippen LogP contribution in [0.5, 0.6) is 0 Å². The quantitative estimate of drug-likeness (QED) is 0.449. The van der Waals surface area contributed by atoms with Crippen LogP contribution >= 0.6 is 11.3 Å². The first-order chi connectivity index (χ1) is 14.5. The van der Waals surface area contributed by atoms with Crippen molar-refractivity contribution in [1.82, 2.24) is 25.1 Å². The van der Waals surface area contributed by atoms with Gasteiger partial charge in [-0.3, -0.25) is 9.48 Å². The summed E-state index contributed by atoms with van der Waals surface area (Å²) in [6.07, 6.45) is 2.87. The lowest BCUT2D eigenvalue weighted by atomic mass is 10.0. The first-order valence-corrected chi connectivity index (χ1v) is 11.0. The number of fused-ring (bicyclic) bond motifs is 1. The number of nitrogens with one attached hydrogen (secondary N) is 1. The predicted molar refractivity (Wildman–Crippen MR) is 121 cm³/mol. The zero-order valence-electron chi connectivity index (χ0n) is 17.5. The van der Waals surface area contributed by atoms with E-state index in [9.17, 15) is 4.79 Å². The molecule has 30 heavy (non-hydrogen) atoms. The van der Waals surface area contributed by atoms with Gasteiger partial charge >= 0.3 is 0 Å². The Hall–Kier alpha value is -3.06. The van der Waals surface area contributed by atoms with E-state index in [1.54, 1.807) is 16.0 Å². The van der Waals surface area contributed by atoms with Crippen LogP contribution in [0.3, 0.4) is 0 Å². The van der Waals surface area contributed by atoms with Crippen molar-refractivity contribution < 1.29 is 4.79 Å². The van der Waals surface area contributed by atoms with Crippen molar-refractivity contribution in [3.63, 3.8) is 0 Å². The molecule has 0 spiro atoms. The first-order valence-electron chi connectivity index (χ1n) is 10.1. The smallest absolute Gasteiger partial charge is 0.252 e. The molecule has 0 fully saturated rings. The van der Waals surface area contributed by atoms with Crippen molar-refractivity contribution >= 4 is 28.3 Å². The number of nitrogens with zero attached hydrogens (tertiary/aromatic N) is 4. The molecule has 0 bridgehead atoms. The van der Waals surface area contributed by atoms with Gasteiger partial charge in [-0.1, -0.05) is 30.3 Å². The van der Waals surface area contributed by atoms with Gasteiger partial charge in [-0.05, 0) is 39.2 Å². The second-order valence-corrected chi connectivity index (χ2v) is 8.37. The summed E-state index contributed by atoms with van der Waals surface area (Å²) in [5.74, 6) is -0.0826. The Balaban J connectivity index is 1.51.